The van der Waals surface area contributed by atoms with Crippen molar-refractivity contribution in [2.45, 2.75) is 20.8 Å². The van der Waals surface area contributed by atoms with Crippen molar-refractivity contribution >= 4 is 21.9 Å². The van der Waals surface area contributed by atoms with Crippen molar-refractivity contribution < 1.29 is 0 Å². The third-order valence-corrected chi connectivity index (χ3v) is 4.26. The lowest BCUT2D eigenvalue weighted by atomic mass is 10.00. The van der Waals surface area contributed by atoms with E-state index < -0.39 is 0 Å². The third-order valence-electron chi connectivity index (χ3n) is 4.26. The van der Waals surface area contributed by atoms with Crippen LogP contribution < -0.4 is 0 Å². The molecule has 23 heavy (non-hydrogen) atoms. The summed E-state index contributed by atoms with van der Waals surface area (Å²) in [6.45, 7) is 6.46. The molecule has 3 rings (SSSR count). The summed E-state index contributed by atoms with van der Waals surface area (Å²) in [6, 6.07) is 23.8. The molecule has 0 aliphatic heterocycles. The molecular formula is C23H22. The van der Waals surface area contributed by atoms with Crippen LogP contribution >= 0.6 is 0 Å². The van der Waals surface area contributed by atoms with Crippen molar-refractivity contribution in [3.8, 4) is 0 Å². The van der Waals surface area contributed by atoms with Crippen LogP contribution in [0.3, 0.4) is 0 Å². The van der Waals surface area contributed by atoms with E-state index in [0.717, 1.165) is 0 Å². The van der Waals surface area contributed by atoms with Gasteiger partial charge in [-0.05, 0) is 59.9 Å². The fourth-order valence-electron chi connectivity index (χ4n) is 2.75. The summed E-state index contributed by atoms with van der Waals surface area (Å²) < 4.78 is 0. The summed E-state index contributed by atoms with van der Waals surface area (Å²) in [4.78, 5) is 0. The van der Waals surface area contributed by atoms with E-state index in [2.05, 4.69) is 99.7 Å². The van der Waals surface area contributed by atoms with Gasteiger partial charge in [-0.3, -0.25) is 0 Å². The SMILES string of the molecule is C/C(=C\C=C(/C)c1ccc2cc(C)ccc2c1)c1ccccc1. The largest absolute Gasteiger partial charge is 0.0622 e. The minimum Gasteiger partial charge on any atom is -0.0622 e. The first kappa shape index (κ1) is 15.3. The average molecular weight is 298 g/mol. The van der Waals surface area contributed by atoms with Crippen molar-refractivity contribution in [3.63, 3.8) is 0 Å². The molecule has 0 radical (unpaired) electrons. The van der Waals surface area contributed by atoms with E-state index in [9.17, 15) is 0 Å². The molecule has 0 bridgehead atoms. The zero-order valence-corrected chi connectivity index (χ0v) is 14.0. The minimum atomic E-state index is 1.27. The van der Waals surface area contributed by atoms with Crippen LogP contribution in [0.2, 0.25) is 0 Å². The first-order chi connectivity index (χ1) is 11.1. The second-order valence-corrected chi connectivity index (χ2v) is 6.13. The predicted molar refractivity (Wildman–Crippen MR) is 102 cm³/mol. The van der Waals surface area contributed by atoms with Gasteiger partial charge in [-0.1, -0.05) is 78.4 Å². The number of rotatable bonds is 3. The van der Waals surface area contributed by atoms with Crippen LogP contribution in [0, 0.1) is 6.92 Å². The Labute approximate surface area is 138 Å². The molecule has 0 aliphatic rings. The molecule has 0 amide bonds. The Morgan fingerprint density at radius 3 is 2.00 bits per heavy atom. The zero-order chi connectivity index (χ0) is 16.2. The van der Waals surface area contributed by atoms with E-state index in [0.29, 0.717) is 0 Å². The summed E-state index contributed by atoms with van der Waals surface area (Å²) in [6.07, 6.45) is 4.40. The lowest BCUT2D eigenvalue weighted by Crippen LogP contribution is -1.82. The highest BCUT2D eigenvalue weighted by Crippen LogP contribution is 2.23. The Morgan fingerprint density at radius 1 is 0.652 bits per heavy atom. The zero-order valence-electron chi connectivity index (χ0n) is 14.0. The normalized spacial score (nSPS) is 12.7. The van der Waals surface area contributed by atoms with Crippen LogP contribution in [0.5, 0.6) is 0 Å². The highest BCUT2D eigenvalue weighted by Gasteiger charge is 1.99. The van der Waals surface area contributed by atoms with Crippen LogP contribution in [-0.2, 0) is 0 Å². The molecule has 0 heterocycles. The molecule has 0 spiro atoms. The summed E-state index contributed by atoms with van der Waals surface area (Å²) in [5.41, 5.74) is 6.41. The lowest BCUT2D eigenvalue weighted by Gasteiger charge is -2.05. The van der Waals surface area contributed by atoms with Gasteiger partial charge in [0, 0.05) is 0 Å². The van der Waals surface area contributed by atoms with Crippen LogP contribution in [0.4, 0.5) is 0 Å². The maximum atomic E-state index is 2.27. The topological polar surface area (TPSA) is 0 Å². The number of allylic oxidation sites excluding steroid dienone is 4. The fourth-order valence-corrected chi connectivity index (χ4v) is 2.75. The van der Waals surface area contributed by atoms with E-state index in [4.69, 9.17) is 0 Å². The Balaban J connectivity index is 1.90. The van der Waals surface area contributed by atoms with E-state index in [1.54, 1.807) is 0 Å². The summed E-state index contributed by atoms with van der Waals surface area (Å²) >= 11 is 0. The lowest BCUT2D eigenvalue weighted by molar-refractivity contribution is 1.50. The van der Waals surface area contributed by atoms with Crippen molar-refractivity contribution in [2.24, 2.45) is 0 Å². The fraction of sp³-hybridized carbons (Fsp3) is 0.130. The Hall–Kier alpha value is -2.60. The van der Waals surface area contributed by atoms with E-state index >= 15 is 0 Å². The third kappa shape index (κ3) is 3.60. The van der Waals surface area contributed by atoms with Gasteiger partial charge in [0.05, 0.1) is 0 Å². The first-order valence-electron chi connectivity index (χ1n) is 8.05. The highest BCUT2D eigenvalue weighted by atomic mass is 14.0. The van der Waals surface area contributed by atoms with Crippen LogP contribution in [-0.4, -0.2) is 0 Å². The first-order valence-corrected chi connectivity index (χ1v) is 8.05. The van der Waals surface area contributed by atoms with Gasteiger partial charge in [-0.25, -0.2) is 0 Å². The van der Waals surface area contributed by atoms with Crippen LogP contribution in [0.1, 0.15) is 30.5 Å². The molecule has 0 N–H and O–H groups in total. The van der Waals surface area contributed by atoms with E-state index in [-0.39, 0.29) is 0 Å². The molecule has 0 heteroatoms. The molecule has 0 aliphatic carbocycles. The van der Waals surface area contributed by atoms with Gasteiger partial charge in [0.15, 0.2) is 0 Å². The number of fused-ring (bicyclic) bond motifs is 1. The van der Waals surface area contributed by atoms with Gasteiger partial charge in [0.1, 0.15) is 0 Å². The maximum Gasteiger partial charge on any atom is -0.0178 e. The number of hydrogen-bond acceptors (Lipinski definition) is 0. The molecule has 3 aromatic carbocycles. The molecule has 0 nitrogen and oxygen atoms in total. The Morgan fingerprint density at radius 2 is 1.26 bits per heavy atom. The standard InChI is InChI=1S/C23H22/c1-17-9-12-23-16-21(13-14-22(23)15-17)19(3)11-10-18(2)20-7-5-4-6-8-20/h4-16H,1-3H3/b18-10+,19-11+. The van der Waals surface area contributed by atoms with Gasteiger partial charge in [-0.15, -0.1) is 0 Å². The quantitative estimate of drug-likeness (QED) is 0.474. The van der Waals surface area contributed by atoms with Crippen LogP contribution in [0.15, 0.2) is 78.9 Å². The van der Waals surface area contributed by atoms with Gasteiger partial charge in [0.2, 0.25) is 0 Å². The second kappa shape index (κ2) is 6.66. The van der Waals surface area contributed by atoms with E-state index in [1.165, 1.54) is 38.6 Å². The smallest absolute Gasteiger partial charge is 0.0178 e. The summed E-state index contributed by atoms with van der Waals surface area (Å²) in [7, 11) is 0. The van der Waals surface area contributed by atoms with Gasteiger partial charge >= 0.3 is 0 Å². The molecule has 3 aromatic rings. The maximum absolute atomic E-state index is 2.27. The molecular weight excluding hydrogens is 276 g/mol. The van der Waals surface area contributed by atoms with Crippen molar-refractivity contribution in [2.75, 3.05) is 0 Å². The Kier molecular flexibility index (Phi) is 4.43. The van der Waals surface area contributed by atoms with Crippen molar-refractivity contribution in [3.05, 3.63) is 95.6 Å². The van der Waals surface area contributed by atoms with Gasteiger partial charge < -0.3 is 0 Å². The molecule has 0 saturated heterocycles. The number of hydrogen-bond donors (Lipinski definition) is 0. The van der Waals surface area contributed by atoms with Crippen LogP contribution in [0.25, 0.3) is 21.9 Å². The molecule has 0 aromatic heterocycles. The van der Waals surface area contributed by atoms with Crippen molar-refractivity contribution in [1.29, 1.82) is 0 Å². The minimum absolute atomic E-state index is 1.27. The highest BCUT2D eigenvalue weighted by molar-refractivity contribution is 5.87. The van der Waals surface area contributed by atoms with E-state index in [1.807, 2.05) is 0 Å². The summed E-state index contributed by atoms with van der Waals surface area (Å²) in [5, 5.41) is 2.60. The summed E-state index contributed by atoms with van der Waals surface area (Å²) in [5.74, 6) is 0. The number of aryl methyl sites for hydroxylation is 1. The molecule has 0 fully saturated rings. The molecule has 114 valence electrons. The monoisotopic (exact) mass is 298 g/mol. The number of benzene rings is 3. The van der Waals surface area contributed by atoms with Gasteiger partial charge in [0.25, 0.3) is 0 Å². The predicted octanol–water partition coefficient (Wildman–Crippen LogP) is 6.66. The van der Waals surface area contributed by atoms with Crippen molar-refractivity contribution in [1.82, 2.24) is 0 Å². The molecule has 0 unspecified atom stereocenters. The Bertz CT molecular complexity index is 880. The average Bonchev–Trinajstić information content (AvgIpc) is 2.59. The second-order valence-electron chi connectivity index (χ2n) is 6.13. The molecule has 0 atom stereocenters. The molecule has 0 saturated carbocycles. The van der Waals surface area contributed by atoms with Gasteiger partial charge in [-0.2, -0.15) is 0 Å².